The lowest BCUT2D eigenvalue weighted by molar-refractivity contribution is 0.0951. The average Bonchev–Trinajstić information content (AvgIpc) is 3.14. The summed E-state index contributed by atoms with van der Waals surface area (Å²) in [7, 11) is 0. The molecule has 0 unspecified atom stereocenters. The number of carbonyl (C=O) groups is 1. The highest BCUT2D eigenvalue weighted by atomic mass is 16.1. The molecule has 0 spiro atoms. The molecule has 0 fully saturated rings. The van der Waals surface area contributed by atoms with E-state index in [1.54, 1.807) is 23.3 Å². The minimum absolute atomic E-state index is 0.152. The van der Waals surface area contributed by atoms with E-state index in [1.807, 2.05) is 38.1 Å². The quantitative estimate of drug-likeness (QED) is 0.774. The summed E-state index contributed by atoms with van der Waals surface area (Å²) in [5.74, 6) is -0.152. The molecule has 0 saturated heterocycles. The monoisotopic (exact) mass is 295 g/mol. The van der Waals surface area contributed by atoms with E-state index in [1.165, 1.54) is 0 Å². The normalized spacial score (nSPS) is 10.6. The first-order chi connectivity index (χ1) is 10.6. The van der Waals surface area contributed by atoms with Crippen LogP contribution in [0.15, 0.2) is 42.9 Å². The van der Waals surface area contributed by atoms with Crippen LogP contribution in [0.4, 0.5) is 0 Å². The van der Waals surface area contributed by atoms with Crippen LogP contribution in [0.1, 0.15) is 27.2 Å². The maximum Gasteiger partial charge on any atom is 0.254 e. The number of nitrogens with zero attached hydrogens (tertiary/aromatic N) is 3. The highest BCUT2D eigenvalue weighted by Crippen LogP contribution is 2.13. The summed E-state index contributed by atoms with van der Waals surface area (Å²) in [5, 5.41) is 13.9. The summed E-state index contributed by atoms with van der Waals surface area (Å²) in [6, 6.07) is 7.91. The van der Waals surface area contributed by atoms with Gasteiger partial charge in [0.2, 0.25) is 0 Å². The van der Waals surface area contributed by atoms with E-state index < -0.39 is 0 Å². The lowest BCUT2D eigenvalue weighted by Crippen LogP contribution is -2.22. The molecule has 0 radical (unpaired) electrons. The number of aromatic amines is 1. The zero-order chi connectivity index (χ0) is 15.5. The van der Waals surface area contributed by atoms with Crippen LogP contribution in [0.2, 0.25) is 0 Å². The Labute approximate surface area is 128 Å². The second kappa shape index (κ2) is 5.85. The van der Waals surface area contributed by atoms with Crippen LogP contribution in [0.3, 0.4) is 0 Å². The second-order valence-electron chi connectivity index (χ2n) is 5.16. The Balaban J connectivity index is 1.72. The zero-order valence-electron chi connectivity index (χ0n) is 12.5. The number of hydrogen-bond donors (Lipinski definition) is 2. The highest BCUT2D eigenvalue weighted by Gasteiger charge is 2.11. The summed E-state index contributed by atoms with van der Waals surface area (Å²) in [4.78, 5) is 12.2. The minimum Gasteiger partial charge on any atom is -0.348 e. The van der Waals surface area contributed by atoms with Crippen molar-refractivity contribution < 1.29 is 4.79 Å². The van der Waals surface area contributed by atoms with Crippen molar-refractivity contribution in [2.24, 2.45) is 0 Å². The summed E-state index contributed by atoms with van der Waals surface area (Å²) in [5.41, 5.74) is 4.53. The predicted molar refractivity (Wildman–Crippen MR) is 82.8 cm³/mol. The van der Waals surface area contributed by atoms with E-state index in [0.29, 0.717) is 12.1 Å². The summed E-state index contributed by atoms with van der Waals surface area (Å²) < 4.78 is 1.72. The molecule has 0 saturated carbocycles. The molecule has 1 amide bonds. The second-order valence-corrected chi connectivity index (χ2v) is 5.16. The molecule has 3 aromatic rings. The largest absolute Gasteiger partial charge is 0.348 e. The number of nitrogens with one attached hydrogen (secondary N) is 2. The number of carbonyl (C=O) groups excluding carboxylic acids is 1. The third-order valence-corrected chi connectivity index (χ3v) is 3.58. The fourth-order valence-corrected chi connectivity index (χ4v) is 2.22. The Kier molecular flexibility index (Phi) is 3.74. The van der Waals surface area contributed by atoms with Crippen LogP contribution in [0.25, 0.3) is 5.69 Å². The fourth-order valence-electron chi connectivity index (χ4n) is 2.22. The standard InChI is InChI=1S/C16H17N5O/c1-11-5-3-4-6-15(11)21-10-14(9-19-21)16(22)17-7-13-8-18-20-12(13)2/h3-6,8-10H,7H2,1-2H3,(H,17,22)(H,18,20). The molecule has 3 rings (SSSR count). The van der Waals surface area contributed by atoms with E-state index in [9.17, 15) is 4.79 Å². The van der Waals surface area contributed by atoms with E-state index >= 15 is 0 Å². The van der Waals surface area contributed by atoms with E-state index in [2.05, 4.69) is 20.6 Å². The zero-order valence-corrected chi connectivity index (χ0v) is 12.5. The molecular weight excluding hydrogens is 278 g/mol. The number of amides is 1. The third-order valence-electron chi connectivity index (χ3n) is 3.58. The van der Waals surface area contributed by atoms with Gasteiger partial charge >= 0.3 is 0 Å². The van der Waals surface area contributed by atoms with Gasteiger partial charge in [0.05, 0.1) is 23.6 Å². The van der Waals surface area contributed by atoms with Gasteiger partial charge in [0.25, 0.3) is 5.91 Å². The predicted octanol–water partition coefficient (Wildman–Crippen LogP) is 2.14. The number of aryl methyl sites for hydroxylation is 2. The van der Waals surface area contributed by atoms with Crippen LogP contribution in [-0.4, -0.2) is 25.9 Å². The van der Waals surface area contributed by atoms with E-state index in [-0.39, 0.29) is 5.91 Å². The van der Waals surface area contributed by atoms with Gasteiger partial charge in [0, 0.05) is 24.0 Å². The Hall–Kier alpha value is -2.89. The van der Waals surface area contributed by atoms with Crippen molar-refractivity contribution in [2.75, 3.05) is 0 Å². The fraction of sp³-hybridized carbons (Fsp3) is 0.188. The smallest absolute Gasteiger partial charge is 0.254 e. The number of H-pyrrole nitrogens is 1. The van der Waals surface area contributed by atoms with Gasteiger partial charge in [-0.1, -0.05) is 18.2 Å². The van der Waals surface area contributed by atoms with Gasteiger partial charge in [-0.3, -0.25) is 9.89 Å². The molecule has 0 aliphatic carbocycles. The number of rotatable bonds is 4. The molecule has 0 aliphatic rings. The van der Waals surface area contributed by atoms with Crippen molar-refractivity contribution in [2.45, 2.75) is 20.4 Å². The van der Waals surface area contributed by atoms with Crippen molar-refractivity contribution in [1.82, 2.24) is 25.3 Å². The molecule has 1 aromatic carbocycles. The summed E-state index contributed by atoms with van der Waals surface area (Å²) in [6.45, 7) is 4.37. The molecule has 112 valence electrons. The van der Waals surface area contributed by atoms with Crippen molar-refractivity contribution in [3.05, 3.63) is 65.2 Å². The summed E-state index contributed by atoms with van der Waals surface area (Å²) in [6.07, 6.45) is 5.02. The van der Waals surface area contributed by atoms with Crippen LogP contribution in [-0.2, 0) is 6.54 Å². The van der Waals surface area contributed by atoms with Gasteiger partial charge in [-0.2, -0.15) is 10.2 Å². The van der Waals surface area contributed by atoms with Crippen molar-refractivity contribution in [3.8, 4) is 5.69 Å². The van der Waals surface area contributed by atoms with Gasteiger partial charge in [0.15, 0.2) is 0 Å². The maximum atomic E-state index is 12.2. The van der Waals surface area contributed by atoms with Crippen LogP contribution >= 0.6 is 0 Å². The van der Waals surface area contributed by atoms with Crippen LogP contribution in [0.5, 0.6) is 0 Å². The van der Waals surface area contributed by atoms with Gasteiger partial charge in [-0.05, 0) is 25.5 Å². The number of hydrogen-bond acceptors (Lipinski definition) is 3. The molecule has 0 aliphatic heterocycles. The van der Waals surface area contributed by atoms with Gasteiger partial charge in [0.1, 0.15) is 0 Å². The van der Waals surface area contributed by atoms with Gasteiger partial charge in [-0.25, -0.2) is 4.68 Å². The Morgan fingerprint density at radius 1 is 1.27 bits per heavy atom. The molecule has 6 nitrogen and oxygen atoms in total. The van der Waals surface area contributed by atoms with Crippen LogP contribution < -0.4 is 5.32 Å². The van der Waals surface area contributed by atoms with Crippen molar-refractivity contribution in [3.63, 3.8) is 0 Å². The summed E-state index contributed by atoms with van der Waals surface area (Å²) >= 11 is 0. The molecule has 2 heterocycles. The lowest BCUT2D eigenvalue weighted by Gasteiger charge is -2.04. The highest BCUT2D eigenvalue weighted by molar-refractivity contribution is 5.93. The average molecular weight is 295 g/mol. The van der Waals surface area contributed by atoms with E-state index in [4.69, 9.17) is 0 Å². The first kappa shape index (κ1) is 14.1. The Morgan fingerprint density at radius 2 is 2.09 bits per heavy atom. The SMILES string of the molecule is Cc1ccccc1-n1cc(C(=O)NCc2cn[nH]c2C)cn1. The number of benzene rings is 1. The maximum absolute atomic E-state index is 12.2. The Morgan fingerprint density at radius 3 is 2.82 bits per heavy atom. The molecule has 22 heavy (non-hydrogen) atoms. The van der Waals surface area contributed by atoms with Crippen molar-refractivity contribution in [1.29, 1.82) is 0 Å². The number of para-hydroxylation sites is 1. The number of aromatic nitrogens is 4. The van der Waals surface area contributed by atoms with Crippen molar-refractivity contribution >= 4 is 5.91 Å². The lowest BCUT2D eigenvalue weighted by atomic mass is 10.2. The van der Waals surface area contributed by atoms with Gasteiger partial charge < -0.3 is 5.32 Å². The first-order valence-electron chi connectivity index (χ1n) is 7.03. The Bertz CT molecular complexity index is 802. The van der Waals surface area contributed by atoms with Crippen LogP contribution in [0, 0.1) is 13.8 Å². The molecule has 0 bridgehead atoms. The molecule has 6 heteroatoms. The molecular formula is C16H17N5O. The van der Waals surface area contributed by atoms with Gasteiger partial charge in [-0.15, -0.1) is 0 Å². The van der Waals surface area contributed by atoms with E-state index in [0.717, 1.165) is 22.5 Å². The third kappa shape index (κ3) is 2.76. The molecule has 2 N–H and O–H groups in total. The topological polar surface area (TPSA) is 75.6 Å². The first-order valence-corrected chi connectivity index (χ1v) is 7.03. The molecule has 0 atom stereocenters. The minimum atomic E-state index is -0.152. The molecule has 2 aromatic heterocycles.